The predicted octanol–water partition coefficient (Wildman–Crippen LogP) is 11.6. The van der Waals surface area contributed by atoms with Crippen molar-refractivity contribution in [3.8, 4) is 11.5 Å². The van der Waals surface area contributed by atoms with Crippen molar-refractivity contribution in [2.45, 2.75) is 34.1 Å². The number of rotatable bonds is 13. The van der Waals surface area contributed by atoms with Crippen LogP contribution in [0, 0.1) is 5.92 Å². The van der Waals surface area contributed by atoms with Crippen LogP contribution in [0.4, 0.5) is 11.4 Å². The number of hydrogen-bond donors (Lipinski definition) is 0. The summed E-state index contributed by atoms with van der Waals surface area (Å²) < 4.78 is 10.8. The molecule has 48 heavy (non-hydrogen) atoms. The summed E-state index contributed by atoms with van der Waals surface area (Å²) >= 11 is 0. The molecule has 0 aliphatic heterocycles. The smallest absolute Gasteiger partial charge is 0.118 e. The minimum atomic E-state index is 0.392. The molecule has 0 fully saturated rings. The predicted molar refractivity (Wildman–Crippen MR) is 204 cm³/mol. The Hall–Kier alpha value is -5.66. The van der Waals surface area contributed by atoms with E-state index in [0.717, 1.165) is 56.3 Å². The van der Waals surface area contributed by atoms with Crippen LogP contribution in [0.25, 0.3) is 11.1 Å². The topological polar surface area (TPSA) is 43.2 Å². The van der Waals surface area contributed by atoms with Gasteiger partial charge in [0.25, 0.3) is 0 Å². The van der Waals surface area contributed by atoms with Gasteiger partial charge >= 0.3 is 0 Å². The molecule has 0 radical (unpaired) electrons. The maximum absolute atomic E-state index is 5.44. The molecule has 0 aromatic heterocycles. The molecule has 0 amide bonds. The summed E-state index contributed by atoms with van der Waals surface area (Å²) in [7, 11) is 3.35. The van der Waals surface area contributed by atoms with E-state index < -0.39 is 0 Å². The molecule has 4 nitrogen and oxygen atoms in total. The van der Waals surface area contributed by atoms with Gasteiger partial charge in [-0.15, -0.1) is 0 Å². The van der Waals surface area contributed by atoms with Gasteiger partial charge in [0, 0.05) is 0 Å². The van der Waals surface area contributed by atoms with Crippen LogP contribution in [-0.2, 0) is 0 Å². The lowest BCUT2D eigenvalue weighted by Gasteiger charge is -2.11. The lowest BCUT2D eigenvalue weighted by molar-refractivity contribution is 0.414. The van der Waals surface area contributed by atoms with Crippen molar-refractivity contribution >= 4 is 34.3 Å². The molecule has 0 aliphatic carbocycles. The van der Waals surface area contributed by atoms with Crippen LogP contribution in [0.1, 0.15) is 45.2 Å². The zero-order valence-electron chi connectivity index (χ0n) is 28.8. The van der Waals surface area contributed by atoms with E-state index in [1.165, 1.54) is 5.57 Å². The quantitative estimate of drug-likeness (QED) is 0.109. The van der Waals surface area contributed by atoms with Crippen LogP contribution < -0.4 is 9.47 Å². The highest BCUT2D eigenvalue weighted by Gasteiger charge is 2.10. The van der Waals surface area contributed by atoms with Gasteiger partial charge in [0.05, 0.1) is 36.7 Å². The standard InChI is InChI=1S/C44H44N2O2/c1-7-35(43(31-45-39-18-10-8-11-19-39)36-22-26-41(47-5)27-23-36)16-14-15-17-38(30-34(4)33(2)3)44(32-46-40-20-12-9-13-21-40)37-24-28-42(48-6)29-25-37/h7-14,16-30,33H,15H2,1-6H3/b16-14-,34-30+,35-7+,38-17+. The molecule has 0 atom stereocenters. The van der Waals surface area contributed by atoms with Gasteiger partial charge in [-0.05, 0) is 133 Å². The molecule has 0 aliphatic rings. The number of hydrogen-bond acceptors (Lipinski definition) is 4. The van der Waals surface area contributed by atoms with Gasteiger partial charge in [0.1, 0.15) is 11.5 Å². The van der Waals surface area contributed by atoms with E-state index in [-0.39, 0.29) is 0 Å². The van der Waals surface area contributed by atoms with E-state index in [1.807, 2.05) is 104 Å². The van der Waals surface area contributed by atoms with Crippen LogP contribution >= 0.6 is 0 Å². The SMILES string of the molecule is C/C=C(\C=C/C/C=C(\C=C(/C)C(C)C)C(=C=Nc1ccccc1)c1ccc(OC)cc1)C(=C=Nc1ccccc1)c1ccc(OC)cc1. The van der Waals surface area contributed by atoms with Crippen LogP contribution in [0.5, 0.6) is 11.5 Å². The van der Waals surface area contributed by atoms with Crippen molar-refractivity contribution < 1.29 is 9.47 Å². The summed E-state index contributed by atoms with van der Waals surface area (Å²) in [5, 5.41) is 0. The van der Waals surface area contributed by atoms with Gasteiger partial charge in [0.15, 0.2) is 0 Å². The van der Waals surface area contributed by atoms with Crippen molar-refractivity contribution in [1.82, 2.24) is 0 Å². The zero-order chi connectivity index (χ0) is 34.1. The van der Waals surface area contributed by atoms with Crippen LogP contribution in [0.3, 0.4) is 0 Å². The fourth-order valence-corrected chi connectivity index (χ4v) is 4.71. The highest BCUT2D eigenvalue weighted by Crippen LogP contribution is 2.28. The van der Waals surface area contributed by atoms with Gasteiger partial charge in [-0.25, -0.2) is 9.98 Å². The Morgan fingerprint density at radius 1 is 0.667 bits per heavy atom. The Kier molecular flexibility index (Phi) is 13.5. The molecule has 0 bridgehead atoms. The Morgan fingerprint density at radius 2 is 1.12 bits per heavy atom. The van der Waals surface area contributed by atoms with Gasteiger partial charge in [0.2, 0.25) is 0 Å². The molecule has 4 aromatic rings. The van der Waals surface area contributed by atoms with Crippen molar-refractivity contribution in [3.05, 3.63) is 167 Å². The van der Waals surface area contributed by atoms with E-state index in [1.54, 1.807) is 14.2 Å². The number of benzene rings is 4. The first-order valence-corrected chi connectivity index (χ1v) is 16.2. The van der Waals surface area contributed by atoms with E-state index in [4.69, 9.17) is 14.5 Å². The number of ether oxygens (including phenoxy) is 2. The van der Waals surface area contributed by atoms with Gasteiger partial charge in [-0.2, -0.15) is 0 Å². The van der Waals surface area contributed by atoms with Crippen molar-refractivity contribution in [1.29, 1.82) is 0 Å². The highest BCUT2D eigenvalue weighted by molar-refractivity contribution is 6.01. The maximum atomic E-state index is 5.44. The van der Waals surface area contributed by atoms with Gasteiger partial charge in [-0.1, -0.05) is 86.2 Å². The fourth-order valence-electron chi connectivity index (χ4n) is 4.71. The molecule has 0 unspecified atom stereocenters. The third-order valence-corrected chi connectivity index (χ3v) is 7.82. The molecular formula is C44H44N2O2. The average Bonchev–Trinajstić information content (AvgIpc) is 3.13. The normalized spacial score (nSPS) is 11.9. The molecule has 0 N–H and O–H groups in total. The van der Waals surface area contributed by atoms with E-state index >= 15 is 0 Å². The van der Waals surface area contributed by atoms with Crippen LogP contribution in [0.15, 0.2) is 166 Å². The average molecular weight is 633 g/mol. The number of methoxy groups -OCH3 is 2. The van der Waals surface area contributed by atoms with E-state index in [0.29, 0.717) is 12.3 Å². The summed E-state index contributed by atoms with van der Waals surface area (Å²) in [6, 6.07) is 35.8. The molecule has 4 aromatic carbocycles. The minimum Gasteiger partial charge on any atom is -0.497 e. The third-order valence-electron chi connectivity index (χ3n) is 7.82. The summed E-state index contributed by atoms with van der Waals surface area (Å²) in [6.45, 7) is 8.62. The number of aliphatic imine (C=N–C) groups is 2. The first-order chi connectivity index (χ1) is 23.4. The Labute approximate surface area is 286 Å². The summed E-state index contributed by atoms with van der Waals surface area (Å²) in [5.41, 5.74) is 8.85. The molecule has 242 valence electrons. The molecule has 0 spiro atoms. The molecule has 0 saturated heterocycles. The molecule has 4 rings (SSSR count). The van der Waals surface area contributed by atoms with Crippen molar-refractivity contribution in [2.75, 3.05) is 14.2 Å². The molecule has 0 heterocycles. The third kappa shape index (κ3) is 10.4. The van der Waals surface area contributed by atoms with E-state index in [9.17, 15) is 0 Å². The lowest BCUT2D eigenvalue weighted by atomic mass is 9.93. The van der Waals surface area contributed by atoms with E-state index in [2.05, 4.69) is 80.0 Å². The van der Waals surface area contributed by atoms with Gasteiger partial charge < -0.3 is 9.47 Å². The minimum absolute atomic E-state index is 0.392. The Bertz CT molecular complexity index is 1880. The summed E-state index contributed by atoms with van der Waals surface area (Å²) in [4.78, 5) is 9.41. The Balaban J connectivity index is 1.76. The number of nitrogens with zero attached hydrogens (tertiary/aromatic N) is 2. The zero-order valence-corrected chi connectivity index (χ0v) is 28.8. The van der Waals surface area contributed by atoms with Crippen molar-refractivity contribution in [3.63, 3.8) is 0 Å². The first kappa shape index (κ1) is 35.2. The molecular weight excluding hydrogens is 588 g/mol. The maximum Gasteiger partial charge on any atom is 0.118 e. The number of para-hydroxylation sites is 2. The van der Waals surface area contributed by atoms with Crippen LogP contribution in [0.2, 0.25) is 0 Å². The van der Waals surface area contributed by atoms with Crippen LogP contribution in [-0.4, -0.2) is 26.0 Å². The first-order valence-electron chi connectivity index (χ1n) is 16.2. The fraction of sp³-hybridized carbons (Fsp3) is 0.182. The van der Waals surface area contributed by atoms with Crippen molar-refractivity contribution in [2.24, 2.45) is 15.9 Å². The summed E-state index contributed by atoms with van der Waals surface area (Å²) in [6.07, 6.45) is 11.6. The lowest BCUT2D eigenvalue weighted by Crippen LogP contribution is -1.95. The highest BCUT2D eigenvalue weighted by atomic mass is 16.5. The second-order valence-electron chi connectivity index (χ2n) is 11.4. The Morgan fingerprint density at radius 3 is 1.54 bits per heavy atom. The second-order valence-corrected chi connectivity index (χ2v) is 11.4. The molecule has 0 saturated carbocycles. The molecule has 4 heteroatoms. The monoisotopic (exact) mass is 632 g/mol. The largest absolute Gasteiger partial charge is 0.497 e. The summed E-state index contributed by atoms with van der Waals surface area (Å²) in [5.74, 6) is 8.72. The second kappa shape index (κ2) is 18.5. The number of allylic oxidation sites excluding steroid dienone is 10. The van der Waals surface area contributed by atoms with Gasteiger partial charge in [-0.3, -0.25) is 0 Å².